The lowest BCUT2D eigenvalue weighted by molar-refractivity contribution is -0.140. The summed E-state index contributed by atoms with van der Waals surface area (Å²) in [6.07, 6.45) is 3.88. The van der Waals surface area contributed by atoms with Crippen LogP contribution in [0.5, 0.6) is 0 Å². The monoisotopic (exact) mass is 286 g/mol. The molecule has 2 N–H and O–H groups in total. The van der Waals surface area contributed by atoms with E-state index in [0.29, 0.717) is 19.0 Å². The lowest BCUT2D eigenvalue weighted by Gasteiger charge is -2.27. The quantitative estimate of drug-likeness (QED) is 0.788. The van der Waals surface area contributed by atoms with Crippen LogP contribution in [-0.4, -0.2) is 64.2 Å². The van der Waals surface area contributed by atoms with Crippen LogP contribution in [0.15, 0.2) is 0 Å². The van der Waals surface area contributed by atoms with Crippen molar-refractivity contribution in [3.63, 3.8) is 0 Å². The van der Waals surface area contributed by atoms with Gasteiger partial charge in [0.1, 0.15) is 13.1 Å². The minimum atomic E-state index is -1.21. The molecule has 1 atom stereocenters. The highest BCUT2D eigenvalue weighted by molar-refractivity contribution is 5.84. The number of carbonyl (C=O) groups is 3. The van der Waals surface area contributed by atoms with E-state index in [1.165, 1.54) is 0 Å². The molecule has 114 valence electrons. The summed E-state index contributed by atoms with van der Waals surface area (Å²) in [5, 5.41) is 17.5. The lowest BCUT2D eigenvalue weighted by Crippen LogP contribution is -2.47. The molecule has 1 aliphatic heterocycles. The second kappa shape index (κ2) is 7.72. The van der Waals surface area contributed by atoms with Gasteiger partial charge in [-0.3, -0.25) is 9.59 Å². The van der Waals surface area contributed by atoms with E-state index in [2.05, 4.69) is 6.92 Å². The van der Waals surface area contributed by atoms with Gasteiger partial charge in [0.25, 0.3) is 0 Å². The molecule has 0 bridgehead atoms. The molecule has 1 fully saturated rings. The van der Waals surface area contributed by atoms with Crippen LogP contribution >= 0.6 is 0 Å². The Morgan fingerprint density at radius 3 is 2.20 bits per heavy atom. The SMILES string of the molecule is CCC1CCCN(C(=O)N(CC(=O)O)CC(=O)O)CC1. The standard InChI is InChI=1S/C13H22N2O5/c1-2-10-4-3-6-14(7-5-10)13(20)15(8-11(16)17)9-12(18)19/h10H,2-9H2,1H3,(H,16,17)(H,18,19). The highest BCUT2D eigenvalue weighted by Gasteiger charge is 2.26. The molecular formula is C13H22N2O5. The molecule has 0 aliphatic carbocycles. The third-order valence-electron chi connectivity index (χ3n) is 3.62. The van der Waals surface area contributed by atoms with Crippen LogP contribution in [0.25, 0.3) is 0 Å². The average Bonchev–Trinajstić information content (AvgIpc) is 2.61. The summed E-state index contributed by atoms with van der Waals surface area (Å²) in [5.41, 5.74) is 0. The first-order valence-electron chi connectivity index (χ1n) is 6.91. The molecule has 0 aromatic carbocycles. The van der Waals surface area contributed by atoms with E-state index < -0.39 is 31.1 Å². The van der Waals surface area contributed by atoms with Gasteiger partial charge in [0.2, 0.25) is 0 Å². The van der Waals surface area contributed by atoms with Gasteiger partial charge < -0.3 is 20.0 Å². The van der Waals surface area contributed by atoms with Crippen LogP contribution in [0.1, 0.15) is 32.6 Å². The summed E-state index contributed by atoms with van der Waals surface area (Å²) in [6.45, 7) is 2.07. The second-order valence-corrected chi connectivity index (χ2v) is 5.12. The van der Waals surface area contributed by atoms with Crippen LogP contribution in [-0.2, 0) is 9.59 Å². The highest BCUT2D eigenvalue weighted by atomic mass is 16.4. The molecule has 20 heavy (non-hydrogen) atoms. The fourth-order valence-corrected chi connectivity index (χ4v) is 2.48. The van der Waals surface area contributed by atoms with Gasteiger partial charge in [-0.2, -0.15) is 0 Å². The van der Waals surface area contributed by atoms with Gasteiger partial charge in [-0.25, -0.2) is 4.79 Å². The van der Waals surface area contributed by atoms with Gasteiger partial charge >= 0.3 is 18.0 Å². The Kier molecular flexibility index (Phi) is 6.27. The number of likely N-dealkylation sites (tertiary alicyclic amines) is 1. The maximum Gasteiger partial charge on any atom is 0.323 e. The van der Waals surface area contributed by atoms with E-state index in [4.69, 9.17) is 10.2 Å². The zero-order valence-electron chi connectivity index (χ0n) is 11.7. The summed E-state index contributed by atoms with van der Waals surface area (Å²) in [6, 6.07) is -0.494. The highest BCUT2D eigenvalue weighted by Crippen LogP contribution is 2.20. The normalized spacial score (nSPS) is 19.2. The lowest BCUT2D eigenvalue weighted by atomic mass is 9.98. The van der Waals surface area contributed by atoms with Crippen molar-refractivity contribution in [1.82, 2.24) is 9.80 Å². The van der Waals surface area contributed by atoms with Crippen molar-refractivity contribution in [3.8, 4) is 0 Å². The second-order valence-electron chi connectivity index (χ2n) is 5.12. The van der Waals surface area contributed by atoms with Crippen LogP contribution < -0.4 is 0 Å². The number of carboxylic acids is 2. The molecule has 0 radical (unpaired) electrons. The molecule has 7 heteroatoms. The van der Waals surface area contributed by atoms with E-state index >= 15 is 0 Å². The minimum Gasteiger partial charge on any atom is -0.480 e. The van der Waals surface area contributed by atoms with Crippen molar-refractivity contribution in [2.45, 2.75) is 32.6 Å². The molecule has 0 aromatic rings. The Hall–Kier alpha value is -1.79. The Morgan fingerprint density at radius 2 is 1.70 bits per heavy atom. The molecule has 0 saturated carbocycles. The first-order valence-corrected chi connectivity index (χ1v) is 6.91. The number of aliphatic carboxylic acids is 2. The Balaban J connectivity index is 2.67. The van der Waals surface area contributed by atoms with Crippen LogP contribution in [0.3, 0.4) is 0 Å². The van der Waals surface area contributed by atoms with Gasteiger partial charge in [-0.05, 0) is 25.2 Å². The molecule has 0 aromatic heterocycles. The van der Waals surface area contributed by atoms with Crippen LogP contribution in [0, 0.1) is 5.92 Å². The fourth-order valence-electron chi connectivity index (χ4n) is 2.48. The van der Waals surface area contributed by atoms with Crippen molar-refractivity contribution in [2.24, 2.45) is 5.92 Å². The Bertz CT molecular complexity index is 356. The van der Waals surface area contributed by atoms with E-state index in [0.717, 1.165) is 30.6 Å². The zero-order valence-corrected chi connectivity index (χ0v) is 11.7. The number of rotatable bonds is 5. The third kappa shape index (κ3) is 5.07. The minimum absolute atomic E-state index is 0.494. The molecule has 2 amide bonds. The van der Waals surface area contributed by atoms with Crippen molar-refractivity contribution in [1.29, 1.82) is 0 Å². The number of hydrogen-bond donors (Lipinski definition) is 2. The van der Waals surface area contributed by atoms with Crippen molar-refractivity contribution in [3.05, 3.63) is 0 Å². The topological polar surface area (TPSA) is 98.2 Å². The first-order chi connectivity index (χ1) is 9.43. The molecule has 0 spiro atoms. The average molecular weight is 286 g/mol. The molecular weight excluding hydrogens is 264 g/mol. The number of nitrogens with zero attached hydrogens (tertiary/aromatic N) is 2. The van der Waals surface area contributed by atoms with Crippen LogP contribution in [0.4, 0.5) is 4.79 Å². The van der Waals surface area contributed by atoms with E-state index in [1.807, 2.05) is 0 Å². The number of urea groups is 1. The predicted molar refractivity (Wildman–Crippen MR) is 71.4 cm³/mol. The Labute approximate surface area is 118 Å². The molecule has 1 aliphatic rings. The summed E-state index contributed by atoms with van der Waals surface area (Å²) in [4.78, 5) is 36.2. The third-order valence-corrected chi connectivity index (χ3v) is 3.62. The van der Waals surface area contributed by atoms with E-state index in [-0.39, 0.29) is 0 Å². The van der Waals surface area contributed by atoms with Gasteiger partial charge in [0.15, 0.2) is 0 Å². The van der Waals surface area contributed by atoms with Crippen molar-refractivity contribution < 1.29 is 24.6 Å². The first kappa shape index (κ1) is 16.3. The summed E-state index contributed by atoms with van der Waals surface area (Å²) in [7, 11) is 0. The van der Waals surface area contributed by atoms with Crippen molar-refractivity contribution >= 4 is 18.0 Å². The molecule has 1 unspecified atom stereocenters. The van der Waals surface area contributed by atoms with E-state index in [9.17, 15) is 14.4 Å². The van der Waals surface area contributed by atoms with Gasteiger partial charge in [0, 0.05) is 13.1 Å². The summed E-state index contributed by atoms with van der Waals surface area (Å²) in [5.74, 6) is -1.83. The molecule has 1 saturated heterocycles. The molecule has 1 heterocycles. The predicted octanol–water partition coefficient (Wildman–Crippen LogP) is 1.09. The number of hydrogen-bond acceptors (Lipinski definition) is 3. The smallest absolute Gasteiger partial charge is 0.323 e. The molecule has 7 nitrogen and oxygen atoms in total. The van der Waals surface area contributed by atoms with Gasteiger partial charge in [0.05, 0.1) is 0 Å². The van der Waals surface area contributed by atoms with Gasteiger partial charge in [-0.1, -0.05) is 13.3 Å². The fraction of sp³-hybridized carbons (Fsp3) is 0.769. The maximum atomic E-state index is 12.2. The molecule has 1 rings (SSSR count). The van der Waals surface area contributed by atoms with Crippen LogP contribution in [0.2, 0.25) is 0 Å². The van der Waals surface area contributed by atoms with E-state index in [1.54, 1.807) is 4.90 Å². The Morgan fingerprint density at radius 1 is 1.10 bits per heavy atom. The van der Waals surface area contributed by atoms with Gasteiger partial charge in [-0.15, -0.1) is 0 Å². The number of carbonyl (C=O) groups excluding carboxylic acids is 1. The zero-order chi connectivity index (χ0) is 15.1. The number of carboxylic acid groups (broad SMARTS) is 2. The summed E-state index contributed by atoms with van der Waals surface area (Å²) < 4.78 is 0. The van der Waals surface area contributed by atoms with Crippen molar-refractivity contribution in [2.75, 3.05) is 26.2 Å². The maximum absolute atomic E-state index is 12.2. The summed E-state index contributed by atoms with van der Waals surface area (Å²) >= 11 is 0. The number of amides is 2. The largest absolute Gasteiger partial charge is 0.480 e.